The van der Waals surface area contributed by atoms with Gasteiger partial charge in [0.25, 0.3) is 0 Å². The fraction of sp³-hybridized carbons (Fsp3) is 0.417. The quantitative estimate of drug-likeness (QED) is 0.816. The molecule has 30 heavy (non-hydrogen) atoms. The molecule has 2 aliphatic rings. The summed E-state index contributed by atoms with van der Waals surface area (Å²) in [5.41, 5.74) is 2.66. The Labute approximate surface area is 177 Å². The second-order valence-electron chi connectivity index (χ2n) is 8.28. The van der Waals surface area contributed by atoms with Gasteiger partial charge in [-0.05, 0) is 55.2 Å². The van der Waals surface area contributed by atoms with Crippen LogP contribution >= 0.6 is 0 Å². The van der Waals surface area contributed by atoms with E-state index in [1.165, 1.54) is 18.5 Å². The molecule has 4 rings (SSSR count). The number of nitrogens with one attached hydrogen (secondary N) is 1. The standard InChI is InChI=1S/C24H29N3O3/c1-17-11-13-26(14-12-17)20-9-7-19(8-10-20)25-24(29)18-15-23(28)27(16-18)21-5-3-4-6-22(21)30-2/h3-10,17-18H,11-16H2,1-2H3,(H,25,29). The molecular weight excluding hydrogens is 378 g/mol. The highest BCUT2D eigenvalue weighted by molar-refractivity contribution is 6.04. The van der Waals surface area contributed by atoms with Crippen molar-refractivity contribution in [1.82, 2.24) is 0 Å². The zero-order valence-electron chi connectivity index (χ0n) is 17.6. The van der Waals surface area contributed by atoms with Crippen LogP contribution in [0.15, 0.2) is 48.5 Å². The van der Waals surface area contributed by atoms with Crippen LogP contribution in [-0.4, -0.2) is 38.6 Å². The molecule has 0 radical (unpaired) electrons. The summed E-state index contributed by atoms with van der Waals surface area (Å²) in [5.74, 6) is 0.860. The van der Waals surface area contributed by atoms with E-state index >= 15 is 0 Å². The Balaban J connectivity index is 1.38. The highest BCUT2D eigenvalue weighted by Gasteiger charge is 2.36. The number of ether oxygens (including phenoxy) is 1. The van der Waals surface area contributed by atoms with Gasteiger partial charge in [-0.2, -0.15) is 0 Å². The van der Waals surface area contributed by atoms with Crippen LogP contribution in [-0.2, 0) is 9.59 Å². The molecule has 2 saturated heterocycles. The fourth-order valence-corrected chi connectivity index (χ4v) is 4.24. The Morgan fingerprint density at radius 3 is 2.47 bits per heavy atom. The summed E-state index contributed by atoms with van der Waals surface area (Å²) >= 11 is 0. The van der Waals surface area contributed by atoms with Gasteiger partial charge in [-0.3, -0.25) is 9.59 Å². The number of para-hydroxylation sites is 2. The number of methoxy groups -OCH3 is 1. The first-order chi connectivity index (χ1) is 14.5. The molecule has 1 atom stereocenters. The number of rotatable bonds is 5. The third-order valence-corrected chi connectivity index (χ3v) is 6.16. The van der Waals surface area contributed by atoms with Crippen molar-refractivity contribution < 1.29 is 14.3 Å². The second kappa shape index (κ2) is 8.78. The molecule has 2 aromatic rings. The predicted molar refractivity (Wildman–Crippen MR) is 119 cm³/mol. The number of nitrogens with zero attached hydrogens (tertiary/aromatic N) is 2. The third kappa shape index (κ3) is 4.27. The maximum atomic E-state index is 12.8. The summed E-state index contributed by atoms with van der Waals surface area (Å²) in [6.45, 7) is 4.82. The second-order valence-corrected chi connectivity index (χ2v) is 8.28. The first-order valence-electron chi connectivity index (χ1n) is 10.6. The number of carbonyl (C=O) groups excluding carboxylic acids is 2. The lowest BCUT2D eigenvalue weighted by Crippen LogP contribution is -2.32. The van der Waals surface area contributed by atoms with Crippen LogP contribution in [0, 0.1) is 11.8 Å². The molecule has 0 bridgehead atoms. The van der Waals surface area contributed by atoms with Crippen LogP contribution in [0.3, 0.4) is 0 Å². The first-order valence-corrected chi connectivity index (χ1v) is 10.6. The fourth-order valence-electron chi connectivity index (χ4n) is 4.24. The van der Waals surface area contributed by atoms with Gasteiger partial charge < -0.3 is 19.9 Å². The van der Waals surface area contributed by atoms with Crippen LogP contribution in [0.2, 0.25) is 0 Å². The largest absolute Gasteiger partial charge is 0.495 e. The van der Waals surface area contributed by atoms with Gasteiger partial charge in [0, 0.05) is 37.4 Å². The summed E-state index contributed by atoms with van der Waals surface area (Å²) in [6, 6.07) is 15.4. The van der Waals surface area contributed by atoms with Crippen molar-refractivity contribution in [3.63, 3.8) is 0 Å². The molecule has 2 aliphatic heterocycles. The van der Waals surface area contributed by atoms with E-state index in [2.05, 4.69) is 29.3 Å². The van der Waals surface area contributed by atoms with Crippen LogP contribution in [0.4, 0.5) is 17.1 Å². The Morgan fingerprint density at radius 1 is 1.07 bits per heavy atom. The van der Waals surface area contributed by atoms with Crippen LogP contribution < -0.4 is 19.9 Å². The Kier molecular flexibility index (Phi) is 5.93. The highest BCUT2D eigenvalue weighted by Crippen LogP contribution is 2.33. The van der Waals surface area contributed by atoms with Gasteiger partial charge in [0.15, 0.2) is 0 Å². The summed E-state index contributed by atoms with van der Waals surface area (Å²) in [6.07, 6.45) is 2.64. The van der Waals surface area contributed by atoms with Crippen molar-refractivity contribution in [2.45, 2.75) is 26.2 Å². The number of hydrogen-bond donors (Lipinski definition) is 1. The van der Waals surface area contributed by atoms with E-state index in [0.717, 1.165) is 24.7 Å². The van der Waals surface area contributed by atoms with Gasteiger partial charge in [-0.25, -0.2) is 0 Å². The molecule has 0 saturated carbocycles. The highest BCUT2D eigenvalue weighted by atomic mass is 16.5. The monoisotopic (exact) mass is 407 g/mol. The van der Waals surface area contributed by atoms with Crippen molar-refractivity contribution in [2.75, 3.05) is 41.9 Å². The lowest BCUT2D eigenvalue weighted by molar-refractivity contribution is -0.122. The normalized spacial score (nSPS) is 19.8. The summed E-state index contributed by atoms with van der Waals surface area (Å²) in [4.78, 5) is 29.4. The van der Waals surface area contributed by atoms with Gasteiger partial charge in [-0.1, -0.05) is 19.1 Å². The van der Waals surface area contributed by atoms with E-state index in [1.54, 1.807) is 12.0 Å². The van der Waals surface area contributed by atoms with Crippen molar-refractivity contribution in [3.8, 4) is 5.75 Å². The summed E-state index contributed by atoms with van der Waals surface area (Å²) in [5, 5.41) is 2.97. The minimum absolute atomic E-state index is 0.0608. The average molecular weight is 408 g/mol. The molecule has 2 fully saturated rings. The van der Waals surface area contributed by atoms with E-state index in [-0.39, 0.29) is 24.2 Å². The number of benzene rings is 2. The smallest absolute Gasteiger partial charge is 0.229 e. The molecule has 0 spiro atoms. The van der Waals surface area contributed by atoms with Gasteiger partial charge in [-0.15, -0.1) is 0 Å². The molecule has 2 aromatic carbocycles. The number of amides is 2. The molecule has 1 N–H and O–H groups in total. The molecule has 6 nitrogen and oxygen atoms in total. The molecular formula is C24H29N3O3. The van der Waals surface area contributed by atoms with E-state index in [4.69, 9.17) is 4.74 Å². The minimum atomic E-state index is -0.384. The molecule has 0 aliphatic carbocycles. The third-order valence-electron chi connectivity index (χ3n) is 6.16. The molecule has 0 aromatic heterocycles. The molecule has 2 amide bonds. The Morgan fingerprint density at radius 2 is 1.77 bits per heavy atom. The molecule has 158 valence electrons. The lowest BCUT2D eigenvalue weighted by Gasteiger charge is -2.32. The Hall–Kier alpha value is -3.02. The zero-order chi connectivity index (χ0) is 21.1. The van der Waals surface area contributed by atoms with Gasteiger partial charge in [0.05, 0.1) is 18.7 Å². The van der Waals surface area contributed by atoms with Crippen molar-refractivity contribution in [1.29, 1.82) is 0 Å². The maximum absolute atomic E-state index is 12.8. The summed E-state index contributed by atoms with van der Waals surface area (Å²) < 4.78 is 5.37. The average Bonchev–Trinajstić information content (AvgIpc) is 3.16. The van der Waals surface area contributed by atoms with E-state index in [0.29, 0.717) is 18.0 Å². The van der Waals surface area contributed by atoms with Gasteiger partial charge >= 0.3 is 0 Å². The predicted octanol–water partition coefficient (Wildman–Crippen LogP) is 3.92. The molecule has 6 heteroatoms. The Bertz CT molecular complexity index is 904. The van der Waals surface area contributed by atoms with Crippen LogP contribution in [0.5, 0.6) is 5.75 Å². The summed E-state index contributed by atoms with van der Waals surface area (Å²) in [7, 11) is 1.58. The first kappa shape index (κ1) is 20.3. The number of piperidine rings is 1. The van der Waals surface area contributed by atoms with Crippen molar-refractivity contribution in [3.05, 3.63) is 48.5 Å². The van der Waals surface area contributed by atoms with E-state index < -0.39 is 0 Å². The minimum Gasteiger partial charge on any atom is -0.495 e. The van der Waals surface area contributed by atoms with E-state index in [9.17, 15) is 9.59 Å². The molecule has 2 heterocycles. The lowest BCUT2D eigenvalue weighted by atomic mass is 9.99. The van der Waals surface area contributed by atoms with Crippen LogP contribution in [0.25, 0.3) is 0 Å². The van der Waals surface area contributed by atoms with Crippen molar-refractivity contribution in [2.24, 2.45) is 11.8 Å². The molecule has 1 unspecified atom stereocenters. The topological polar surface area (TPSA) is 61.9 Å². The van der Waals surface area contributed by atoms with Crippen molar-refractivity contribution >= 4 is 28.9 Å². The van der Waals surface area contributed by atoms with Crippen LogP contribution in [0.1, 0.15) is 26.2 Å². The maximum Gasteiger partial charge on any atom is 0.229 e. The number of anilines is 3. The number of hydrogen-bond acceptors (Lipinski definition) is 4. The van der Waals surface area contributed by atoms with Gasteiger partial charge in [0.2, 0.25) is 11.8 Å². The number of carbonyl (C=O) groups is 2. The van der Waals surface area contributed by atoms with E-state index in [1.807, 2.05) is 36.4 Å². The zero-order valence-corrected chi connectivity index (χ0v) is 17.6. The SMILES string of the molecule is COc1ccccc1N1CC(C(=O)Nc2ccc(N3CCC(C)CC3)cc2)CC1=O. The van der Waals surface area contributed by atoms with Gasteiger partial charge in [0.1, 0.15) is 5.75 Å².